The number of nitrogens with one attached hydrogen (secondary N) is 5. The van der Waals surface area contributed by atoms with Crippen molar-refractivity contribution < 1.29 is 58.5 Å². The Hall–Kier alpha value is -6.57. The lowest BCUT2D eigenvalue weighted by Gasteiger charge is -2.35. The van der Waals surface area contributed by atoms with Gasteiger partial charge in [-0.1, -0.05) is 76.6 Å². The molecule has 3 rings (SSSR count). The maximum atomic E-state index is 14.0. The first-order chi connectivity index (χ1) is 29.2. The minimum Gasteiger partial charge on any atom is -0.508 e. The molecule has 1 saturated carbocycles. The molecule has 0 saturated heterocycles. The Balaban J connectivity index is 1.80. The molecular weight excluding hydrogens is 809 g/mol. The molecule has 0 aromatic heterocycles. The summed E-state index contributed by atoms with van der Waals surface area (Å²) in [5.41, 5.74) is 12.5. The van der Waals surface area contributed by atoms with Crippen LogP contribution in [0.15, 0.2) is 54.6 Å². The van der Waals surface area contributed by atoms with Gasteiger partial charge in [0.15, 0.2) is 0 Å². The highest BCUT2D eigenvalue weighted by molar-refractivity contribution is 5.98. The molecule has 20 nitrogen and oxygen atoms in total. The number of aliphatic carboxylic acids is 1. The Labute approximate surface area is 358 Å². The van der Waals surface area contributed by atoms with Crippen molar-refractivity contribution in [3.63, 3.8) is 0 Å². The molecule has 62 heavy (non-hydrogen) atoms. The summed E-state index contributed by atoms with van der Waals surface area (Å²) in [5, 5.41) is 41.9. The topological polar surface area (TPSA) is 330 Å². The molecule has 2 aromatic rings. The molecule has 0 aliphatic heterocycles. The van der Waals surface area contributed by atoms with Crippen LogP contribution in [-0.4, -0.2) is 116 Å². The van der Waals surface area contributed by atoms with Crippen LogP contribution in [0.1, 0.15) is 70.9 Å². The van der Waals surface area contributed by atoms with Gasteiger partial charge in [0.05, 0.1) is 19.0 Å². The summed E-state index contributed by atoms with van der Waals surface area (Å²) >= 11 is 0. The molecule has 12 N–H and O–H groups in total. The van der Waals surface area contributed by atoms with E-state index in [1.54, 1.807) is 70.2 Å². The highest BCUT2D eigenvalue weighted by Crippen LogP contribution is 2.29. The fraction of sp³-hybridized carbons (Fsp3) is 0.500. The van der Waals surface area contributed by atoms with Gasteiger partial charge in [0, 0.05) is 18.4 Å². The van der Waals surface area contributed by atoms with E-state index in [2.05, 4.69) is 26.6 Å². The van der Waals surface area contributed by atoms with E-state index in [9.17, 15) is 58.5 Å². The number of rotatable bonds is 21. The summed E-state index contributed by atoms with van der Waals surface area (Å²) in [5.74, 6) is -9.21. The first-order valence-electron chi connectivity index (χ1n) is 20.3. The molecule has 7 atom stereocenters. The number of hydrogen-bond donors (Lipinski definition) is 10. The van der Waals surface area contributed by atoms with Crippen LogP contribution in [0.25, 0.3) is 0 Å². The van der Waals surface area contributed by atoms with Crippen LogP contribution in [0.3, 0.4) is 0 Å². The quantitative estimate of drug-likeness (QED) is 0.0785. The maximum Gasteiger partial charge on any atom is 0.414 e. The Bertz CT molecular complexity index is 1930. The molecular formula is C42H58N8O12. The van der Waals surface area contributed by atoms with Gasteiger partial charge < -0.3 is 53.4 Å². The Morgan fingerprint density at radius 3 is 1.84 bits per heavy atom. The van der Waals surface area contributed by atoms with Gasteiger partial charge in [-0.15, -0.1) is 0 Å². The van der Waals surface area contributed by atoms with Crippen molar-refractivity contribution in [2.45, 2.75) is 109 Å². The second-order valence-electron chi connectivity index (χ2n) is 16.0. The Morgan fingerprint density at radius 1 is 0.710 bits per heavy atom. The number of aromatic hydroxyl groups is 1. The number of nitrogens with zero attached hydrogens (tertiary/aromatic N) is 1. The first kappa shape index (κ1) is 49.8. The van der Waals surface area contributed by atoms with E-state index in [-0.39, 0.29) is 37.9 Å². The molecule has 338 valence electrons. The van der Waals surface area contributed by atoms with Crippen LogP contribution in [-0.2, 0) is 51.2 Å². The van der Waals surface area contributed by atoms with Gasteiger partial charge in [-0.2, -0.15) is 0 Å². The van der Waals surface area contributed by atoms with E-state index in [0.29, 0.717) is 22.4 Å². The first-order valence-corrected chi connectivity index (χ1v) is 20.3. The predicted octanol–water partition coefficient (Wildman–Crippen LogP) is -0.102. The SMILES string of the molecule is CC(C)[C@H](NC(=O)[C@H](CC(=O)O)NC(=O)[C@H](Cc1ccccc1)NC(=O)[C@H]1CCC[C@H](N(C(=O)O)C(=O)[C@@H](N)Cc2ccc(O)cc2)C1)C(=O)N[C@H](C(=O)NCC(N)=O)C(C)C. The lowest BCUT2D eigenvalue weighted by Crippen LogP contribution is -2.60. The number of phenolic OH excluding ortho intramolecular Hbond substituents is 1. The number of imide groups is 1. The molecule has 2 aromatic carbocycles. The van der Waals surface area contributed by atoms with Crippen molar-refractivity contribution in [2.24, 2.45) is 29.2 Å². The van der Waals surface area contributed by atoms with Crippen LogP contribution in [0.2, 0.25) is 0 Å². The van der Waals surface area contributed by atoms with Crippen molar-refractivity contribution in [2.75, 3.05) is 6.54 Å². The average molecular weight is 867 g/mol. The molecule has 0 radical (unpaired) electrons. The molecule has 0 spiro atoms. The summed E-state index contributed by atoms with van der Waals surface area (Å²) in [7, 11) is 0. The lowest BCUT2D eigenvalue weighted by molar-refractivity contribution is -0.142. The largest absolute Gasteiger partial charge is 0.508 e. The molecule has 0 unspecified atom stereocenters. The standard InChI is InChI=1S/C42H58N8O12/c1-22(2)34(39(58)45-21-32(44)52)49-40(59)35(23(3)4)48-38(57)31(20-33(53)54)47-37(56)30(18-24-9-6-5-7-10-24)46-36(55)26-11-8-12-27(19-26)50(42(61)62)41(60)29(43)17-25-13-15-28(51)16-14-25/h5-7,9-10,13-16,22-23,26-27,29-31,34-35,51H,8,11-12,17-21,43H2,1-4H3,(H2,44,52)(H,45,58)(H,46,55)(H,47,56)(H,48,57)(H,49,59)(H,53,54)(H,61,62)/t26-,27-,29-,30-,31-,34-,35-/m0/s1. The third kappa shape index (κ3) is 15.2. The van der Waals surface area contributed by atoms with Crippen LogP contribution in [0.5, 0.6) is 5.75 Å². The van der Waals surface area contributed by atoms with Crippen LogP contribution in [0.4, 0.5) is 4.79 Å². The van der Waals surface area contributed by atoms with Gasteiger partial charge in [-0.25, -0.2) is 9.69 Å². The summed E-state index contributed by atoms with van der Waals surface area (Å²) in [6.07, 6.45) is -1.77. The number of carbonyl (C=O) groups is 9. The minimum absolute atomic E-state index is 0.00364. The Morgan fingerprint density at radius 2 is 1.27 bits per heavy atom. The molecule has 8 amide bonds. The second kappa shape index (κ2) is 23.4. The minimum atomic E-state index is -1.75. The number of carboxylic acids is 1. The maximum absolute atomic E-state index is 14.0. The number of amides is 8. The van der Waals surface area contributed by atoms with E-state index in [1.165, 1.54) is 12.1 Å². The molecule has 1 aliphatic rings. The van der Waals surface area contributed by atoms with Crippen molar-refractivity contribution >= 4 is 53.4 Å². The zero-order chi connectivity index (χ0) is 46.3. The third-order valence-electron chi connectivity index (χ3n) is 10.4. The van der Waals surface area contributed by atoms with Crippen LogP contribution in [0, 0.1) is 17.8 Å². The summed E-state index contributed by atoms with van der Waals surface area (Å²) < 4.78 is 0. The molecule has 0 heterocycles. The molecule has 20 heteroatoms. The number of nitrogens with two attached hydrogens (primary N) is 2. The normalized spacial score (nSPS) is 17.3. The third-order valence-corrected chi connectivity index (χ3v) is 10.4. The van der Waals surface area contributed by atoms with Crippen LogP contribution >= 0.6 is 0 Å². The number of primary amides is 1. The summed E-state index contributed by atoms with van der Waals surface area (Å²) in [6.45, 7) is 5.97. The average Bonchev–Trinajstić information content (AvgIpc) is 3.21. The van der Waals surface area contributed by atoms with Gasteiger partial charge in [-0.05, 0) is 60.8 Å². The van der Waals surface area contributed by atoms with Gasteiger partial charge in [0.1, 0.15) is 29.9 Å². The van der Waals surface area contributed by atoms with Crippen molar-refractivity contribution in [3.8, 4) is 5.75 Å². The van der Waals surface area contributed by atoms with Crippen molar-refractivity contribution in [1.82, 2.24) is 31.5 Å². The number of hydrogen-bond acceptors (Lipinski definition) is 11. The highest BCUT2D eigenvalue weighted by Gasteiger charge is 2.40. The van der Waals surface area contributed by atoms with Gasteiger partial charge >= 0.3 is 12.1 Å². The molecule has 0 bridgehead atoms. The van der Waals surface area contributed by atoms with E-state index in [0.717, 1.165) is 0 Å². The molecule has 1 aliphatic carbocycles. The zero-order valence-electron chi connectivity index (χ0n) is 35.2. The fourth-order valence-corrected chi connectivity index (χ4v) is 7.07. The highest BCUT2D eigenvalue weighted by atomic mass is 16.4. The predicted molar refractivity (Wildman–Crippen MR) is 222 cm³/mol. The van der Waals surface area contributed by atoms with E-state index < -0.39 is 120 Å². The summed E-state index contributed by atoms with van der Waals surface area (Å²) in [6, 6.07) is 6.68. The molecule has 1 fully saturated rings. The van der Waals surface area contributed by atoms with Gasteiger partial charge in [0.25, 0.3) is 0 Å². The van der Waals surface area contributed by atoms with Crippen LogP contribution < -0.4 is 38.1 Å². The van der Waals surface area contributed by atoms with Crippen molar-refractivity contribution in [1.29, 1.82) is 0 Å². The smallest absolute Gasteiger partial charge is 0.414 e. The Kier molecular flexibility index (Phi) is 18.8. The number of carbonyl (C=O) groups excluding carboxylic acids is 7. The number of phenols is 1. The number of carboxylic acid groups (broad SMARTS) is 2. The zero-order valence-corrected chi connectivity index (χ0v) is 35.2. The lowest BCUT2D eigenvalue weighted by atomic mass is 9.83. The number of benzene rings is 2. The van der Waals surface area contributed by atoms with E-state index in [1.807, 2.05) is 0 Å². The monoisotopic (exact) mass is 866 g/mol. The van der Waals surface area contributed by atoms with Gasteiger partial charge in [-0.3, -0.25) is 38.4 Å². The van der Waals surface area contributed by atoms with E-state index >= 15 is 0 Å². The summed E-state index contributed by atoms with van der Waals surface area (Å²) in [4.78, 5) is 117. The second-order valence-corrected chi connectivity index (χ2v) is 16.0. The van der Waals surface area contributed by atoms with Gasteiger partial charge in [0.2, 0.25) is 41.4 Å². The van der Waals surface area contributed by atoms with Crippen molar-refractivity contribution in [3.05, 3.63) is 65.7 Å². The van der Waals surface area contributed by atoms with E-state index in [4.69, 9.17) is 11.5 Å². The fourth-order valence-electron chi connectivity index (χ4n) is 7.07.